The van der Waals surface area contributed by atoms with Gasteiger partial charge in [0.15, 0.2) is 0 Å². The molecular weight excluding hydrogens is 232 g/mol. The minimum absolute atomic E-state index is 0.266. The molecule has 1 aromatic carbocycles. The number of carbonyl (C=O) groups is 1. The predicted octanol–water partition coefficient (Wildman–Crippen LogP) is 2.10. The van der Waals surface area contributed by atoms with E-state index in [1.165, 1.54) is 0 Å². The van der Waals surface area contributed by atoms with Gasteiger partial charge in [-0.3, -0.25) is 0 Å². The minimum atomic E-state index is -0.414. The van der Waals surface area contributed by atoms with Crippen molar-refractivity contribution in [2.45, 2.75) is 6.10 Å². The maximum atomic E-state index is 11.9. The van der Waals surface area contributed by atoms with Crippen LogP contribution in [0.5, 0.6) is 0 Å². The lowest BCUT2D eigenvalue weighted by atomic mass is 10.1. The van der Waals surface area contributed by atoms with Crippen LogP contribution in [0.25, 0.3) is 0 Å². The van der Waals surface area contributed by atoms with E-state index in [4.69, 9.17) is 14.2 Å². The summed E-state index contributed by atoms with van der Waals surface area (Å²) >= 11 is 0. The van der Waals surface area contributed by atoms with Gasteiger partial charge in [0.05, 0.1) is 0 Å². The number of cyclic esters (lactones) is 1. The Balaban J connectivity index is 1.87. The quantitative estimate of drug-likeness (QED) is 0.560. The van der Waals surface area contributed by atoms with Crippen LogP contribution in [0.3, 0.4) is 0 Å². The van der Waals surface area contributed by atoms with Gasteiger partial charge < -0.3 is 14.2 Å². The summed E-state index contributed by atoms with van der Waals surface area (Å²) in [6.07, 6.45) is 3.18. The van der Waals surface area contributed by atoms with Gasteiger partial charge in [0, 0.05) is 0 Å². The Kier molecular flexibility index (Phi) is 2.76. The molecule has 0 radical (unpaired) electrons. The highest BCUT2D eigenvalue weighted by molar-refractivity contribution is 5.93. The number of hydrogen-bond acceptors (Lipinski definition) is 4. The normalized spacial score (nSPS) is 22.4. The monoisotopic (exact) mass is 244 g/mol. The Morgan fingerprint density at radius 3 is 2.44 bits per heavy atom. The van der Waals surface area contributed by atoms with Gasteiger partial charge in [-0.05, 0) is 17.7 Å². The van der Waals surface area contributed by atoms with Crippen molar-refractivity contribution < 1.29 is 19.0 Å². The van der Waals surface area contributed by atoms with E-state index in [0.29, 0.717) is 18.8 Å². The molecule has 2 aliphatic heterocycles. The van der Waals surface area contributed by atoms with Crippen LogP contribution in [0.2, 0.25) is 0 Å². The molecule has 0 aliphatic carbocycles. The zero-order valence-electron chi connectivity index (χ0n) is 9.67. The molecule has 0 N–H and O–H groups in total. The summed E-state index contributed by atoms with van der Waals surface area (Å²) in [5.74, 6) is -0.147. The molecule has 2 heterocycles. The molecule has 0 amide bonds. The summed E-state index contributed by atoms with van der Waals surface area (Å²) in [6, 6.07) is 9.58. The van der Waals surface area contributed by atoms with E-state index in [0.717, 1.165) is 5.56 Å². The highest BCUT2D eigenvalue weighted by Gasteiger charge is 2.27. The Bertz CT molecular complexity index is 508. The fourth-order valence-electron chi connectivity index (χ4n) is 1.91. The van der Waals surface area contributed by atoms with E-state index < -0.39 is 5.97 Å². The van der Waals surface area contributed by atoms with E-state index in [-0.39, 0.29) is 12.0 Å². The number of hydrogen-bond donors (Lipinski definition) is 0. The van der Waals surface area contributed by atoms with E-state index in [9.17, 15) is 4.79 Å². The summed E-state index contributed by atoms with van der Waals surface area (Å²) in [5.41, 5.74) is 1.29. The molecule has 1 fully saturated rings. The summed E-state index contributed by atoms with van der Waals surface area (Å²) in [5, 5.41) is 0. The minimum Gasteiger partial charge on any atom is -0.461 e. The molecule has 2 aliphatic rings. The van der Waals surface area contributed by atoms with Gasteiger partial charge in [-0.15, -0.1) is 0 Å². The van der Waals surface area contributed by atoms with Crippen molar-refractivity contribution >= 4 is 5.97 Å². The first-order valence-corrected chi connectivity index (χ1v) is 5.78. The van der Waals surface area contributed by atoms with Gasteiger partial charge in [-0.2, -0.15) is 0 Å². The lowest BCUT2D eigenvalue weighted by molar-refractivity contribution is -0.143. The molecule has 1 saturated heterocycles. The average molecular weight is 244 g/mol. The first kappa shape index (κ1) is 10.9. The number of carbonyl (C=O) groups excluding carboxylic acids is 1. The molecule has 3 rings (SSSR count). The number of rotatable bonds is 1. The largest absolute Gasteiger partial charge is 0.461 e. The molecule has 1 atom stereocenters. The van der Waals surface area contributed by atoms with Crippen LogP contribution in [0.15, 0.2) is 54.0 Å². The Labute approximate surface area is 104 Å². The predicted molar refractivity (Wildman–Crippen MR) is 63.3 cm³/mol. The Hall–Kier alpha value is -2.23. The first-order chi connectivity index (χ1) is 8.84. The lowest BCUT2D eigenvalue weighted by Gasteiger charge is -2.19. The summed E-state index contributed by atoms with van der Waals surface area (Å²) in [7, 11) is 0. The number of esters is 1. The number of ether oxygens (including phenoxy) is 3. The molecular formula is C14H12O4. The zero-order valence-corrected chi connectivity index (χ0v) is 9.67. The van der Waals surface area contributed by atoms with Crippen molar-refractivity contribution in [2.75, 3.05) is 13.2 Å². The first-order valence-electron chi connectivity index (χ1n) is 5.78. The van der Waals surface area contributed by atoms with Crippen LogP contribution in [0.1, 0.15) is 11.7 Å². The third-order valence-electron chi connectivity index (χ3n) is 2.79. The van der Waals surface area contributed by atoms with Crippen molar-refractivity contribution in [3.8, 4) is 0 Å². The maximum Gasteiger partial charge on any atom is 0.346 e. The highest BCUT2D eigenvalue weighted by Crippen LogP contribution is 2.28. The van der Waals surface area contributed by atoms with E-state index >= 15 is 0 Å². The van der Waals surface area contributed by atoms with Crippen LogP contribution >= 0.6 is 0 Å². The lowest BCUT2D eigenvalue weighted by Crippen LogP contribution is -2.17. The Morgan fingerprint density at radius 1 is 1.06 bits per heavy atom. The van der Waals surface area contributed by atoms with E-state index in [1.807, 2.05) is 36.4 Å². The molecule has 1 aromatic rings. The van der Waals surface area contributed by atoms with Crippen molar-refractivity contribution in [2.24, 2.45) is 0 Å². The van der Waals surface area contributed by atoms with Crippen LogP contribution < -0.4 is 0 Å². The van der Waals surface area contributed by atoms with Crippen LogP contribution in [-0.4, -0.2) is 19.2 Å². The second-order valence-electron chi connectivity index (χ2n) is 3.99. The third kappa shape index (κ3) is 1.97. The number of benzene rings is 1. The zero-order chi connectivity index (χ0) is 12.4. The van der Waals surface area contributed by atoms with E-state index in [1.54, 1.807) is 6.08 Å². The Morgan fingerprint density at radius 2 is 1.78 bits per heavy atom. The van der Waals surface area contributed by atoms with E-state index in [2.05, 4.69) is 0 Å². The standard InChI is InChI=1S/C14H12O4/c15-13-11(14-16-8-9-17-14)6-7-12(18-13)10-4-2-1-3-5-10/h1-7,12H,8-9H2. The van der Waals surface area contributed by atoms with Crippen molar-refractivity contribution in [1.82, 2.24) is 0 Å². The molecule has 0 saturated carbocycles. The molecule has 18 heavy (non-hydrogen) atoms. The molecule has 0 spiro atoms. The van der Waals surface area contributed by atoms with Crippen molar-refractivity contribution in [1.29, 1.82) is 0 Å². The van der Waals surface area contributed by atoms with Crippen LogP contribution in [0, 0.1) is 0 Å². The molecule has 1 unspecified atom stereocenters. The van der Waals surface area contributed by atoms with Crippen LogP contribution in [-0.2, 0) is 19.0 Å². The average Bonchev–Trinajstić information content (AvgIpc) is 2.93. The fraction of sp³-hybridized carbons (Fsp3) is 0.214. The third-order valence-corrected chi connectivity index (χ3v) is 2.79. The topological polar surface area (TPSA) is 44.8 Å². The second kappa shape index (κ2) is 4.56. The fourth-order valence-corrected chi connectivity index (χ4v) is 1.91. The maximum absolute atomic E-state index is 11.9. The van der Waals surface area contributed by atoms with Gasteiger partial charge in [-0.1, -0.05) is 30.3 Å². The highest BCUT2D eigenvalue weighted by atomic mass is 16.7. The van der Waals surface area contributed by atoms with Gasteiger partial charge in [0.1, 0.15) is 24.9 Å². The second-order valence-corrected chi connectivity index (χ2v) is 3.99. The van der Waals surface area contributed by atoms with Gasteiger partial charge in [-0.25, -0.2) is 4.79 Å². The smallest absolute Gasteiger partial charge is 0.346 e. The van der Waals surface area contributed by atoms with Gasteiger partial charge >= 0.3 is 5.97 Å². The molecule has 0 aromatic heterocycles. The summed E-state index contributed by atoms with van der Waals surface area (Å²) < 4.78 is 15.8. The molecule has 0 bridgehead atoms. The van der Waals surface area contributed by atoms with Crippen molar-refractivity contribution in [3.63, 3.8) is 0 Å². The van der Waals surface area contributed by atoms with Gasteiger partial charge in [0.2, 0.25) is 0 Å². The van der Waals surface area contributed by atoms with Gasteiger partial charge in [0.25, 0.3) is 5.95 Å². The van der Waals surface area contributed by atoms with Crippen molar-refractivity contribution in [3.05, 3.63) is 59.6 Å². The molecule has 92 valence electrons. The molecule has 4 heteroatoms. The summed E-state index contributed by atoms with van der Waals surface area (Å²) in [4.78, 5) is 11.9. The van der Waals surface area contributed by atoms with Crippen LogP contribution in [0.4, 0.5) is 0 Å². The molecule has 4 nitrogen and oxygen atoms in total. The summed E-state index contributed by atoms with van der Waals surface area (Å²) in [6.45, 7) is 0.949. The SMILES string of the molecule is O=C1OC(c2ccccc2)C=CC1=C1OCCO1.